The molecule has 2 rings (SSSR count). The van der Waals surface area contributed by atoms with E-state index in [1.807, 2.05) is 29.7 Å². The molecule has 4 nitrogen and oxygen atoms in total. The largest absolute Gasteiger partial charge is 0.380 e. The van der Waals surface area contributed by atoms with Crippen molar-refractivity contribution in [1.82, 2.24) is 9.55 Å². The van der Waals surface area contributed by atoms with Gasteiger partial charge in [0.25, 0.3) is 0 Å². The maximum Gasteiger partial charge on any atom is 0.0994 e. The maximum atomic E-state index is 5.91. The average molecular weight is 231 g/mol. The van der Waals surface area contributed by atoms with Gasteiger partial charge < -0.3 is 15.0 Å². The molecule has 0 bridgehead atoms. The minimum absolute atomic E-state index is 0.0384. The van der Waals surface area contributed by atoms with Crippen molar-refractivity contribution in [3.05, 3.63) is 48.0 Å². The Morgan fingerprint density at radius 2 is 2.29 bits per heavy atom. The molecular formula is C13H17N3O. The third-order valence-electron chi connectivity index (χ3n) is 2.63. The molecule has 2 aromatic rings. The molecule has 1 heterocycles. The van der Waals surface area contributed by atoms with E-state index in [4.69, 9.17) is 10.5 Å². The van der Waals surface area contributed by atoms with Crippen LogP contribution in [-0.2, 0) is 11.3 Å². The Kier molecular flexibility index (Phi) is 3.56. The first kappa shape index (κ1) is 11.8. The lowest BCUT2D eigenvalue weighted by Gasteiger charge is -2.11. The summed E-state index contributed by atoms with van der Waals surface area (Å²) in [5, 5.41) is 0. The fraction of sp³-hybridized carbons (Fsp3) is 0.308. The molecule has 90 valence electrons. The first-order chi connectivity index (χ1) is 8.22. The average Bonchev–Trinajstić information content (AvgIpc) is 2.79. The van der Waals surface area contributed by atoms with Gasteiger partial charge in [-0.25, -0.2) is 4.98 Å². The second-order valence-corrected chi connectivity index (χ2v) is 4.08. The summed E-state index contributed by atoms with van der Waals surface area (Å²) in [5.74, 6) is 0. The van der Waals surface area contributed by atoms with Crippen LogP contribution in [0.4, 0.5) is 0 Å². The van der Waals surface area contributed by atoms with E-state index in [1.165, 1.54) is 0 Å². The van der Waals surface area contributed by atoms with Crippen LogP contribution in [0.15, 0.2) is 36.8 Å². The van der Waals surface area contributed by atoms with E-state index in [9.17, 15) is 0 Å². The van der Waals surface area contributed by atoms with E-state index in [-0.39, 0.29) is 6.04 Å². The molecular weight excluding hydrogens is 214 g/mol. The lowest BCUT2D eigenvalue weighted by Crippen LogP contribution is -2.10. The van der Waals surface area contributed by atoms with Gasteiger partial charge in [-0.2, -0.15) is 0 Å². The Hall–Kier alpha value is -1.65. The van der Waals surface area contributed by atoms with Crippen molar-refractivity contribution >= 4 is 0 Å². The lowest BCUT2D eigenvalue weighted by molar-refractivity contribution is 0.185. The Morgan fingerprint density at radius 1 is 1.47 bits per heavy atom. The summed E-state index contributed by atoms with van der Waals surface area (Å²) in [6, 6.07) is 8.12. The number of ether oxygens (including phenoxy) is 1. The van der Waals surface area contributed by atoms with E-state index in [2.05, 4.69) is 11.1 Å². The Labute approximate surface area is 101 Å². The molecule has 0 spiro atoms. The third-order valence-corrected chi connectivity index (χ3v) is 2.63. The molecule has 17 heavy (non-hydrogen) atoms. The highest BCUT2D eigenvalue weighted by Gasteiger charge is 2.08. The zero-order valence-corrected chi connectivity index (χ0v) is 10.1. The van der Waals surface area contributed by atoms with Crippen molar-refractivity contribution in [1.29, 1.82) is 0 Å². The van der Waals surface area contributed by atoms with E-state index >= 15 is 0 Å². The summed E-state index contributed by atoms with van der Waals surface area (Å²) < 4.78 is 7.13. The molecule has 1 aromatic carbocycles. The Morgan fingerprint density at radius 3 is 3.00 bits per heavy atom. The number of nitrogens with zero attached hydrogens (tertiary/aromatic N) is 2. The number of methoxy groups -OCH3 is 1. The number of imidazole rings is 1. The summed E-state index contributed by atoms with van der Waals surface area (Å²) >= 11 is 0. The number of rotatable bonds is 4. The fourth-order valence-electron chi connectivity index (χ4n) is 1.82. The predicted molar refractivity (Wildman–Crippen MR) is 66.9 cm³/mol. The number of hydrogen-bond donors (Lipinski definition) is 1. The predicted octanol–water partition coefficient (Wildman–Crippen LogP) is 2.04. The summed E-state index contributed by atoms with van der Waals surface area (Å²) in [6.45, 7) is 2.56. The van der Waals surface area contributed by atoms with Gasteiger partial charge in [0.15, 0.2) is 0 Å². The molecule has 0 amide bonds. The molecule has 0 aliphatic rings. The van der Waals surface area contributed by atoms with Crippen molar-refractivity contribution in [2.75, 3.05) is 7.11 Å². The van der Waals surface area contributed by atoms with Crippen LogP contribution in [0.25, 0.3) is 5.69 Å². The third kappa shape index (κ3) is 2.54. The van der Waals surface area contributed by atoms with Gasteiger partial charge in [0.1, 0.15) is 0 Å². The van der Waals surface area contributed by atoms with E-state index in [1.54, 1.807) is 19.6 Å². The van der Waals surface area contributed by atoms with E-state index in [0.29, 0.717) is 6.61 Å². The number of nitrogens with two attached hydrogens (primary N) is 1. The van der Waals surface area contributed by atoms with Crippen molar-refractivity contribution in [3.63, 3.8) is 0 Å². The minimum atomic E-state index is -0.0384. The summed E-state index contributed by atoms with van der Waals surface area (Å²) in [5.41, 5.74) is 9.10. The molecule has 2 N–H and O–H groups in total. The molecule has 1 atom stereocenters. The molecule has 0 saturated heterocycles. The van der Waals surface area contributed by atoms with Gasteiger partial charge in [0.05, 0.1) is 24.8 Å². The topological polar surface area (TPSA) is 53.1 Å². The van der Waals surface area contributed by atoms with Crippen LogP contribution < -0.4 is 5.73 Å². The number of hydrogen-bond acceptors (Lipinski definition) is 3. The zero-order chi connectivity index (χ0) is 12.3. The second-order valence-electron chi connectivity index (χ2n) is 4.08. The van der Waals surface area contributed by atoms with Gasteiger partial charge in [-0.05, 0) is 24.6 Å². The Bertz CT molecular complexity index is 491. The molecule has 4 heteroatoms. The van der Waals surface area contributed by atoms with Crippen LogP contribution in [0, 0.1) is 0 Å². The molecule has 0 fully saturated rings. The lowest BCUT2D eigenvalue weighted by atomic mass is 10.2. The van der Waals surface area contributed by atoms with Crippen LogP contribution in [0.5, 0.6) is 0 Å². The molecule has 0 radical (unpaired) electrons. The summed E-state index contributed by atoms with van der Waals surface area (Å²) in [4.78, 5) is 4.15. The van der Waals surface area contributed by atoms with Gasteiger partial charge in [-0.3, -0.25) is 0 Å². The van der Waals surface area contributed by atoms with Crippen molar-refractivity contribution in [3.8, 4) is 5.69 Å². The second kappa shape index (κ2) is 5.12. The molecule has 0 aliphatic heterocycles. The van der Waals surface area contributed by atoms with E-state index in [0.717, 1.165) is 16.9 Å². The highest BCUT2D eigenvalue weighted by molar-refractivity contribution is 5.37. The normalized spacial score (nSPS) is 12.6. The van der Waals surface area contributed by atoms with Crippen LogP contribution >= 0.6 is 0 Å². The maximum absolute atomic E-state index is 5.91. The van der Waals surface area contributed by atoms with Gasteiger partial charge in [-0.1, -0.05) is 12.1 Å². The van der Waals surface area contributed by atoms with Crippen molar-refractivity contribution in [2.45, 2.75) is 19.6 Å². The van der Waals surface area contributed by atoms with Crippen LogP contribution in [-0.4, -0.2) is 16.7 Å². The quantitative estimate of drug-likeness (QED) is 0.876. The highest BCUT2D eigenvalue weighted by atomic mass is 16.5. The van der Waals surface area contributed by atoms with Gasteiger partial charge in [-0.15, -0.1) is 0 Å². The van der Waals surface area contributed by atoms with Crippen molar-refractivity contribution in [2.24, 2.45) is 5.73 Å². The molecule has 0 saturated carbocycles. The fourth-order valence-corrected chi connectivity index (χ4v) is 1.82. The monoisotopic (exact) mass is 231 g/mol. The summed E-state index contributed by atoms with van der Waals surface area (Å²) in [7, 11) is 1.69. The van der Waals surface area contributed by atoms with Gasteiger partial charge in [0.2, 0.25) is 0 Å². The highest BCUT2D eigenvalue weighted by Crippen LogP contribution is 2.17. The van der Waals surface area contributed by atoms with E-state index < -0.39 is 0 Å². The van der Waals surface area contributed by atoms with Crippen LogP contribution in [0.1, 0.15) is 24.2 Å². The molecule has 0 unspecified atom stereocenters. The SMILES string of the molecule is COCc1cccc(-n2cncc2[C@H](C)N)c1. The Balaban J connectivity index is 2.38. The zero-order valence-electron chi connectivity index (χ0n) is 10.1. The first-order valence-corrected chi connectivity index (χ1v) is 5.58. The number of aromatic nitrogens is 2. The van der Waals surface area contributed by atoms with Gasteiger partial charge in [0, 0.05) is 18.8 Å². The van der Waals surface area contributed by atoms with Crippen LogP contribution in [0.3, 0.4) is 0 Å². The minimum Gasteiger partial charge on any atom is -0.380 e. The van der Waals surface area contributed by atoms with Crippen LogP contribution in [0.2, 0.25) is 0 Å². The molecule has 0 aliphatic carbocycles. The number of benzene rings is 1. The first-order valence-electron chi connectivity index (χ1n) is 5.58. The standard InChI is InChI=1S/C13H17N3O/c1-10(14)13-7-15-9-16(13)12-5-3-4-11(6-12)8-17-2/h3-7,9-10H,8,14H2,1-2H3/t10-/m0/s1. The van der Waals surface area contributed by atoms with Gasteiger partial charge >= 0.3 is 0 Å². The molecule has 1 aromatic heterocycles. The van der Waals surface area contributed by atoms with Crippen molar-refractivity contribution < 1.29 is 4.74 Å². The smallest absolute Gasteiger partial charge is 0.0994 e. The summed E-state index contributed by atoms with van der Waals surface area (Å²) in [6.07, 6.45) is 3.58.